The summed E-state index contributed by atoms with van der Waals surface area (Å²) in [5.74, 6) is -0.834. The van der Waals surface area contributed by atoms with E-state index in [4.69, 9.17) is 14.2 Å². The second kappa shape index (κ2) is 52.0. The van der Waals surface area contributed by atoms with E-state index >= 15 is 0 Å². The molecule has 0 aromatic carbocycles. The molecule has 0 aliphatic rings. The Labute approximate surface area is 387 Å². The van der Waals surface area contributed by atoms with Crippen LogP contribution in [0.4, 0.5) is 0 Å². The van der Waals surface area contributed by atoms with E-state index in [1.165, 1.54) is 225 Å². The van der Waals surface area contributed by atoms with Gasteiger partial charge in [-0.25, -0.2) is 0 Å². The summed E-state index contributed by atoms with van der Waals surface area (Å²) in [6.07, 6.45) is 56.6. The SMILES string of the molecule is CCCCCCCCCCCCCCCCCCCC(=O)O[C@@H](COC(=O)CCCCCCCCCCCCCCC)COC(=O)CCCCCCCCCCCCCCCC. The molecule has 0 amide bonds. The zero-order valence-electron chi connectivity index (χ0n) is 42.2. The monoisotopic (exact) mass is 877 g/mol. The Balaban J connectivity index is 4.29. The Kier molecular flexibility index (Phi) is 50.7. The van der Waals surface area contributed by atoms with Gasteiger partial charge in [0.05, 0.1) is 0 Å². The van der Waals surface area contributed by atoms with Crippen molar-refractivity contribution in [2.75, 3.05) is 13.2 Å². The van der Waals surface area contributed by atoms with Crippen molar-refractivity contribution >= 4 is 17.9 Å². The third kappa shape index (κ3) is 49.4. The van der Waals surface area contributed by atoms with E-state index in [0.717, 1.165) is 57.8 Å². The smallest absolute Gasteiger partial charge is 0.306 e. The molecule has 0 rings (SSSR count). The van der Waals surface area contributed by atoms with Crippen molar-refractivity contribution in [1.82, 2.24) is 0 Å². The molecule has 0 aliphatic carbocycles. The summed E-state index contributed by atoms with van der Waals surface area (Å²) in [6, 6.07) is 0. The van der Waals surface area contributed by atoms with Crippen molar-refractivity contribution in [1.29, 1.82) is 0 Å². The third-order valence-electron chi connectivity index (χ3n) is 12.9. The van der Waals surface area contributed by atoms with Crippen LogP contribution in [0.3, 0.4) is 0 Å². The van der Waals surface area contributed by atoms with E-state index in [1.807, 2.05) is 0 Å². The van der Waals surface area contributed by atoms with Gasteiger partial charge in [0.15, 0.2) is 6.10 Å². The molecule has 6 nitrogen and oxygen atoms in total. The number of unbranched alkanes of at least 4 members (excludes halogenated alkanes) is 41. The zero-order chi connectivity index (χ0) is 45.1. The van der Waals surface area contributed by atoms with Crippen LogP contribution in [-0.4, -0.2) is 37.2 Å². The lowest BCUT2D eigenvalue weighted by atomic mass is 10.0. The summed E-state index contributed by atoms with van der Waals surface area (Å²) in [5, 5.41) is 0. The van der Waals surface area contributed by atoms with Crippen molar-refractivity contribution < 1.29 is 28.6 Å². The van der Waals surface area contributed by atoms with Crippen molar-refractivity contribution in [3.63, 3.8) is 0 Å². The molecule has 0 aromatic heterocycles. The Morgan fingerprint density at radius 2 is 0.435 bits per heavy atom. The second-order valence-corrected chi connectivity index (χ2v) is 19.2. The van der Waals surface area contributed by atoms with E-state index < -0.39 is 6.10 Å². The predicted molar refractivity (Wildman–Crippen MR) is 266 cm³/mol. The van der Waals surface area contributed by atoms with Gasteiger partial charge in [-0.2, -0.15) is 0 Å². The molecule has 0 unspecified atom stereocenters. The van der Waals surface area contributed by atoms with E-state index in [2.05, 4.69) is 20.8 Å². The molecular formula is C56H108O6. The molecule has 0 fully saturated rings. The van der Waals surface area contributed by atoms with Crippen LogP contribution in [0.1, 0.15) is 323 Å². The van der Waals surface area contributed by atoms with Crippen molar-refractivity contribution in [2.45, 2.75) is 329 Å². The van der Waals surface area contributed by atoms with E-state index in [0.29, 0.717) is 19.3 Å². The molecule has 0 radical (unpaired) electrons. The number of ether oxygens (including phenoxy) is 3. The van der Waals surface area contributed by atoms with Crippen LogP contribution >= 0.6 is 0 Å². The molecule has 1 atom stereocenters. The lowest BCUT2D eigenvalue weighted by Gasteiger charge is -2.18. The minimum atomic E-state index is -0.760. The average Bonchev–Trinajstić information content (AvgIpc) is 3.27. The van der Waals surface area contributed by atoms with Gasteiger partial charge in [0.1, 0.15) is 13.2 Å². The van der Waals surface area contributed by atoms with Gasteiger partial charge in [-0.15, -0.1) is 0 Å². The number of hydrogen-bond donors (Lipinski definition) is 0. The number of esters is 3. The van der Waals surface area contributed by atoms with Crippen LogP contribution in [0, 0.1) is 0 Å². The van der Waals surface area contributed by atoms with Gasteiger partial charge in [0, 0.05) is 19.3 Å². The fourth-order valence-electron chi connectivity index (χ4n) is 8.62. The van der Waals surface area contributed by atoms with Gasteiger partial charge < -0.3 is 14.2 Å². The van der Waals surface area contributed by atoms with Gasteiger partial charge >= 0.3 is 17.9 Å². The third-order valence-corrected chi connectivity index (χ3v) is 12.9. The first-order chi connectivity index (χ1) is 30.5. The molecule has 0 heterocycles. The molecule has 0 N–H and O–H groups in total. The maximum atomic E-state index is 12.8. The normalized spacial score (nSPS) is 11.9. The molecule has 0 spiro atoms. The van der Waals surface area contributed by atoms with Crippen LogP contribution in [0.5, 0.6) is 0 Å². The second-order valence-electron chi connectivity index (χ2n) is 19.2. The summed E-state index contributed by atoms with van der Waals surface area (Å²) in [4.78, 5) is 38.1. The van der Waals surface area contributed by atoms with Crippen LogP contribution in [0.2, 0.25) is 0 Å². The summed E-state index contributed by atoms with van der Waals surface area (Å²) < 4.78 is 16.9. The highest BCUT2D eigenvalue weighted by Gasteiger charge is 2.19. The minimum absolute atomic E-state index is 0.0613. The van der Waals surface area contributed by atoms with Gasteiger partial charge in [0.2, 0.25) is 0 Å². The Hall–Kier alpha value is -1.59. The first kappa shape index (κ1) is 60.4. The molecule has 0 bridgehead atoms. The van der Waals surface area contributed by atoms with Gasteiger partial charge in [0.25, 0.3) is 0 Å². The molecule has 62 heavy (non-hydrogen) atoms. The lowest BCUT2D eigenvalue weighted by molar-refractivity contribution is -0.167. The van der Waals surface area contributed by atoms with Crippen LogP contribution in [0.15, 0.2) is 0 Å². The topological polar surface area (TPSA) is 78.9 Å². The van der Waals surface area contributed by atoms with Crippen molar-refractivity contribution in [3.05, 3.63) is 0 Å². The largest absolute Gasteiger partial charge is 0.462 e. The van der Waals surface area contributed by atoms with Gasteiger partial charge in [-0.1, -0.05) is 284 Å². The molecule has 6 heteroatoms. The fourth-order valence-corrected chi connectivity index (χ4v) is 8.62. The standard InChI is InChI=1S/C56H108O6/c1-4-7-10-13-16-19-22-25-27-28-29-32-35-38-41-44-47-50-56(59)62-53(51-60-54(57)48-45-42-39-36-33-30-24-21-18-15-12-9-6-3)52-61-55(58)49-46-43-40-37-34-31-26-23-20-17-14-11-8-5-2/h53H,4-52H2,1-3H3/t53-/m0/s1. The van der Waals surface area contributed by atoms with E-state index in [1.54, 1.807) is 0 Å². The maximum absolute atomic E-state index is 12.8. The van der Waals surface area contributed by atoms with Crippen LogP contribution in [-0.2, 0) is 28.6 Å². The van der Waals surface area contributed by atoms with Crippen LogP contribution in [0.25, 0.3) is 0 Å². The Morgan fingerprint density at radius 1 is 0.258 bits per heavy atom. The summed E-state index contributed by atoms with van der Waals surface area (Å²) >= 11 is 0. The van der Waals surface area contributed by atoms with Gasteiger partial charge in [-0.3, -0.25) is 14.4 Å². The number of carbonyl (C=O) groups is 3. The molecule has 0 aliphatic heterocycles. The highest BCUT2D eigenvalue weighted by Crippen LogP contribution is 2.17. The highest BCUT2D eigenvalue weighted by molar-refractivity contribution is 5.71. The molecule has 0 aromatic rings. The highest BCUT2D eigenvalue weighted by atomic mass is 16.6. The zero-order valence-corrected chi connectivity index (χ0v) is 42.2. The first-order valence-corrected chi connectivity index (χ1v) is 28.0. The number of hydrogen-bond acceptors (Lipinski definition) is 6. The summed E-state index contributed by atoms with van der Waals surface area (Å²) in [7, 11) is 0. The van der Waals surface area contributed by atoms with Crippen molar-refractivity contribution in [3.8, 4) is 0 Å². The van der Waals surface area contributed by atoms with E-state index in [9.17, 15) is 14.4 Å². The molecule has 0 saturated carbocycles. The molecule has 0 saturated heterocycles. The van der Waals surface area contributed by atoms with E-state index in [-0.39, 0.29) is 31.1 Å². The predicted octanol–water partition coefficient (Wildman–Crippen LogP) is 18.4. The Morgan fingerprint density at radius 3 is 0.645 bits per heavy atom. The van der Waals surface area contributed by atoms with Crippen molar-refractivity contribution in [2.24, 2.45) is 0 Å². The lowest BCUT2D eigenvalue weighted by Crippen LogP contribution is -2.30. The Bertz CT molecular complexity index is 920. The number of carbonyl (C=O) groups excluding carboxylic acids is 3. The molecule has 368 valence electrons. The average molecular weight is 877 g/mol. The fraction of sp³-hybridized carbons (Fsp3) is 0.946. The molecular weight excluding hydrogens is 769 g/mol. The quantitative estimate of drug-likeness (QED) is 0.0344. The number of rotatable bonds is 52. The summed E-state index contributed by atoms with van der Waals surface area (Å²) in [5.41, 5.74) is 0. The first-order valence-electron chi connectivity index (χ1n) is 28.0. The summed E-state index contributed by atoms with van der Waals surface area (Å²) in [6.45, 7) is 6.70. The minimum Gasteiger partial charge on any atom is -0.462 e. The van der Waals surface area contributed by atoms with Gasteiger partial charge in [-0.05, 0) is 19.3 Å². The van der Waals surface area contributed by atoms with Crippen LogP contribution < -0.4 is 0 Å². The maximum Gasteiger partial charge on any atom is 0.306 e.